The Bertz CT molecular complexity index is 189. The van der Waals surface area contributed by atoms with E-state index in [-0.39, 0.29) is 11.8 Å². The monoisotopic (exact) mass is 157 g/mol. The van der Waals surface area contributed by atoms with Crippen LogP contribution in [0.25, 0.3) is 0 Å². The molecular weight excluding hydrogens is 142 g/mol. The van der Waals surface area contributed by atoms with Crippen molar-refractivity contribution >= 4 is 5.97 Å². The van der Waals surface area contributed by atoms with Crippen LogP contribution in [0.5, 0.6) is 0 Å². The molecule has 0 saturated heterocycles. The molecule has 0 heterocycles. The van der Waals surface area contributed by atoms with Crippen molar-refractivity contribution in [1.29, 1.82) is 0 Å². The van der Waals surface area contributed by atoms with Gasteiger partial charge in [-0.1, -0.05) is 13.8 Å². The third kappa shape index (κ3) is 1.25. The molecule has 1 unspecified atom stereocenters. The first-order valence-electron chi connectivity index (χ1n) is 3.88. The van der Waals surface area contributed by atoms with Crippen LogP contribution in [-0.2, 0) is 4.79 Å². The third-order valence-electron chi connectivity index (χ3n) is 3.01. The van der Waals surface area contributed by atoms with E-state index in [1.165, 1.54) is 0 Å². The lowest BCUT2D eigenvalue weighted by molar-refractivity contribution is -0.142. The van der Waals surface area contributed by atoms with Gasteiger partial charge in [0.25, 0.3) is 0 Å². The summed E-state index contributed by atoms with van der Waals surface area (Å²) in [5.74, 6) is -0.791. The van der Waals surface area contributed by atoms with Crippen molar-refractivity contribution in [2.24, 2.45) is 11.1 Å². The Morgan fingerprint density at radius 3 is 2.18 bits per heavy atom. The van der Waals surface area contributed by atoms with Crippen LogP contribution in [0.1, 0.15) is 33.1 Å². The molecule has 3 N–H and O–H groups in total. The van der Waals surface area contributed by atoms with Crippen molar-refractivity contribution in [2.75, 3.05) is 0 Å². The van der Waals surface area contributed by atoms with Gasteiger partial charge in [0.15, 0.2) is 0 Å². The molecule has 0 amide bonds. The fourth-order valence-electron chi connectivity index (χ4n) is 1.54. The Labute approximate surface area is 66.6 Å². The molecule has 3 heteroatoms. The minimum absolute atomic E-state index is 0.00535. The summed E-state index contributed by atoms with van der Waals surface area (Å²) in [6.07, 6.45) is 1.98. The number of carboxylic acid groups (broad SMARTS) is 1. The van der Waals surface area contributed by atoms with Gasteiger partial charge in [-0.05, 0) is 18.3 Å². The van der Waals surface area contributed by atoms with E-state index in [4.69, 9.17) is 10.8 Å². The minimum atomic E-state index is -0.791. The molecular formula is C8H15NO2. The van der Waals surface area contributed by atoms with E-state index in [0.29, 0.717) is 0 Å². The van der Waals surface area contributed by atoms with Gasteiger partial charge in [0.05, 0.1) is 6.42 Å². The van der Waals surface area contributed by atoms with Gasteiger partial charge < -0.3 is 10.8 Å². The van der Waals surface area contributed by atoms with E-state index in [2.05, 4.69) is 0 Å². The quantitative estimate of drug-likeness (QED) is 0.628. The highest BCUT2D eigenvalue weighted by molar-refractivity contribution is 5.69. The van der Waals surface area contributed by atoms with Crippen molar-refractivity contribution in [3.8, 4) is 0 Å². The van der Waals surface area contributed by atoms with Crippen LogP contribution in [-0.4, -0.2) is 16.6 Å². The fourth-order valence-corrected chi connectivity index (χ4v) is 1.54. The highest BCUT2D eigenvalue weighted by atomic mass is 16.4. The molecule has 1 fully saturated rings. The SMILES string of the molecule is CC1(C)CCC1(N)CC(=O)O. The van der Waals surface area contributed by atoms with Crippen molar-refractivity contribution in [2.45, 2.75) is 38.6 Å². The predicted molar refractivity (Wildman–Crippen MR) is 42.2 cm³/mol. The summed E-state index contributed by atoms with van der Waals surface area (Å²) in [5.41, 5.74) is 5.45. The molecule has 0 aromatic heterocycles. The minimum Gasteiger partial charge on any atom is -0.481 e. The number of hydrogen-bond donors (Lipinski definition) is 2. The van der Waals surface area contributed by atoms with Gasteiger partial charge in [-0.3, -0.25) is 4.79 Å². The molecule has 0 aromatic rings. The number of carbonyl (C=O) groups is 1. The molecule has 64 valence electrons. The Hall–Kier alpha value is -0.570. The number of hydrogen-bond acceptors (Lipinski definition) is 2. The van der Waals surface area contributed by atoms with Crippen LogP contribution in [0.3, 0.4) is 0 Å². The Kier molecular flexibility index (Phi) is 1.71. The summed E-state index contributed by atoms with van der Waals surface area (Å²) in [6, 6.07) is 0. The first-order valence-corrected chi connectivity index (χ1v) is 3.88. The lowest BCUT2D eigenvalue weighted by atomic mass is 9.56. The van der Waals surface area contributed by atoms with E-state index < -0.39 is 11.5 Å². The Balaban J connectivity index is 2.62. The average molecular weight is 157 g/mol. The molecule has 1 aliphatic rings. The molecule has 1 aliphatic carbocycles. The van der Waals surface area contributed by atoms with Crippen LogP contribution in [0.2, 0.25) is 0 Å². The number of carboxylic acids is 1. The summed E-state index contributed by atoms with van der Waals surface area (Å²) in [6.45, 7) is 4.05. The molecule has 0 spiro atoms. The van der Waals surface area contributed by atoms with Crippen LogP contribution < -0.4 is 5.73 Å². The van der Waals surface area contributed by atoms with Gasteiger partial charge >= 0.3 is 5.97 Å². The van der Waals surface area contributed by atoms with Crippen molar-refractivity contribution in [3.63, 3.8) is 0 Å². The van der Waals surface area contributed by atoms with Crippen molar-refractivity contribution < 1.29 is 9.90 Å². The first kappa shape index (κ1) is 8.53. The third-order valence-corrected chi connectivity index (χ3v) is 3.01. The summed E-state index contributed by atoms with van der Waals surface area (Å²) < 4.78 is 0. The van der Waals surface area contributed by atoms with Gasteiger partial charge in [0.2, 0.25) is 0 Å². The molecule has 3 nitrogen and oxygen atoms in total. The molecule has 0 aliphatic heterocycles. The smallest absolute Gasteiger partial charge is 0.305 e. The Morgan fingerprint density at radius 2 is 2.09 bits per heavy atom. The second kappa shape index (κ2) is 2.21. The summed E-state index contributed by atoms with van der Waals surface area (Å²) >= 11 is 0. The van der Waals surface area contributed by atoms with Crippen LogP contribution in [0, 0.1) is 5.41 Å². The van der Waals surface area contributed by atoms with E-state index >= 15 is 0 Å². The van der Waals surface area contributed by atoms with Gasteiger partial charge in [-0.2, -0.15) is 0 Å². The number of aliphatic carboxylic acids is 1. The average Bonchev–Trinajstić information content (AvgIpc) is 1.84. The van der Waals surface area contributed by atoms with Crippen LogP contribution >= 0.6 is 0 Å². The zero-order valence-electron chi connectivity index (χ0n) is 7.05. The molecule has 1 rings (SSSR count). The Morgan fingerprint density at radius 1 is 1.55 bits per heavy atom. The zero-order valence-corrected chi connectivity index (χ0v) is 7.05. The topological polar surface area (TPSA) is 63.3 Å². The van der Waals surface area contributed by atoms with Gasteiger partial charge in [0.1, 0.15) is 0 Å². The molecule has 1 atom stereocenters. The second-order valence-electron chi connectivity index (χ2n) is 4.11. The van der Waals surface area contributed by atoms with E-state index in [0.717, 1.165) is 12.8 Å². The number of rotatable bonds is 2. The predicted octanol–water partition coefficient (Wildman–Crippen LogP) is 0.979. The second-order valence-corrected chi connectivity index (χ2v) is 4.11. The summed E-state index contributed by atoms with van der Waals surface area (Å²) in [4.78, 5) is 10.4. The maximum absolute atomic E-state index is 10.4. The van der Waals surface area contributed by atoms with Crippen molar-refractivity contribution in [1.82, 2.24) is 0 Å². The van der Waals surface area contributed by atoms with Gasteiger partial charge in [-0.15, -0.1) is 0 Å². The standard InChI is InChI=1S/C8H15NO2/c1-7(2)3-4-8(7,9)5-6(10)11/h3-5,9H2,1-2H3,(H,10,11). The first-order chi connectivity index (χ1) is 4.87. The molecule has 0 radical (unpaired) electrons. The maximum Gasteiger partial charge on any atom is 0.305 e. The van der Waals surface area contributed by atoms with E-state index in [9.17, 15) is 4.79 Å². The highest BCUT2D eigenvalue weighted by Crippen LogP contribution is 2.49. The largest absolute Gasteiger partial charge is 0.481 e. The van der Waals surface area contributed by atoms with Crippen LogP contribution in [0.15, 0.2) is 0 Å². The molecule has 1 saturated carbocycles. The highest BCUT2D eigenvalue weighted by Gasteiger charge is 2.50. The molecule has 11 heavy (non-hydrogen) atoms. The number of nitrogens with two attached hydrogens (primary N) is 1. The molecule has 0 aromatic carbocycles. The summed E-state index contributed by atoms with van der Waals surface area (Å²) in [5, 5.41) is 8.57. The van der Waals surface area contributed by atoms with Gasteiger partial charge in [0, 0.05) is 5.54 Å². The summed E-state index contributed by atoms with van der Waals surface area (Å²) in [7, 11) is 0. The van der Waals surface area contributed by atoms with E-state index in [1.807, 2.05) is 13.8 Å². The maximum atomic E-state index is 10.4. The van der Waals surface area contributed by atoms with Crippen molar-refractivity contribution in [3.05, 3.63) is 0 Å². The zero-order chi connectivity index (χ0) is 8.70. The van der Waals surface area contributed by atoms with Gasteiger partial charge in [-0.25, -0.2) is 0 Å². The normalized spacial score (nSPS) is 34.5. The lowest BCUT2D eigenvalue weighted by Gasteiger charge is -2.53. The van der Waals surface area contributed by atoms with Crippen LogP contribution in [0.4, 0.5) is 0 Å². The molecule has 0 bridgehead atoms. The van der Waals surface area contributed by atoms with E-state index in [1.54, 1.807) is 0 Å². The lowest BCUT2D eigenvalue weighted by Crippen LogP contribution is -2.61. The fraction of sp³-hybridized carbons (Fsp3) is 0.875.